The summed E-state index contributed by atoms with van der Waals surface area (Å²) in [5, 5.41) is 11.5. The van der Waals surface area contributed by atoms with Gasteiger partial charge in [0.05, 0.1) is 23.8 Å². The van der Waals surface area contributed by atoms with Crippen LogP contribution in [0, 0.1) is 17.2 Å². The third kappa shape index (κ3) is 3.38. The summed E-state index contributed by atoms with van der Waals surface area (Å²) in [7, 11) is 0. The molecule has 0 bridgehead atoms. The van der Waals surface area contributed by atoms with Crippen LogP contribution in [0.5, 0.6) is 0 Å². The van der Waals surface area contributed by atoms with Gasteiger partial charge in [0, 0.05) is 24.8 Å². The Morgan fingerprint density at radius 2 is 2.21 bits per heavy atom. The number of anilines is 1. The molecule has 0 saturated carbocycles. The Morgan fingerprint density at radius 3 is 2.79 bits per heavy atom. The summed E-state index contributed by atoms with van der Waals surface area (Å²) in [4.78, 5) is 0. The average Bonchev–Trinajstić information content (AvgIpc) is 2.88. The smallest absolute Gasteiger partial charge is 0.384 e. The highest BCUT2D eigenvalue weighted by atomic mass is 19.4. The molecule has 1 atom stereocenters. The van der Waals surface area contributed by atoms with E-state index in [0.29, 0.717) is 19.8 Å². The molecule has 0 radical (unpaired) electrons. The molecule has 102 valence electrons. The number of benzene rings is 1. The number of hydrogen-bond donors (Lipinski definition) is 1. The van der Waals surface area contributed by atoms with Crippen molar-refractivity contribution < 1.29 is 17.9 Å². The van der Waals surface area contributed by atoms with Crippen molar-refractivity contribution in [3.8, 4) is 6.07 Å². The monoisotopic (exact) mass is 270 g/mol. The highest BCUT2D eigenvalue weighted by molar-refractivity contribution is 5.57. The van der Waals surface area contributed by atoms with Crippen LogP contribution in [0.25, 0.3) is 0 Å². The molecule has 1 heterocycles. The summed E-state index contributed by atoms with van der Waals surface area (Å²) >= 11 is 0. The number of nitrogens with one attached hydrogen (secondary N) is 1. The summed E-state index contributed by atoms with van der Waals surface area (Å²) in [6.07, 6.45) is -3.59. The van der Waals surface area contributed by atoms with Crippen LogP contribution in [0.3, 0.4) is 0 Å². The fraction of sp³-hybridized carbons (Fsp3) is 0.462. The maximum Gasteiger partial charge on any atom is 0.418 e. The van der Waals surface area contributed by atoms with E-state index in [0.717, 1.165) is 12.5 Å². The zero-order valence-corrected chi connectivity index (χ0v) is 10.1. The fourth-order valence-corrected chi connectivity index (χ4v) is 2.01. The van der Waals surface area contributed by atoms with Crippen LogP contribution in [0.15, 0.2) is 18.2 Å². The molecule has 0 aromatic heterocycles. The van der Waals surface area contributed by atoms with Gasteiger partial charge in [-0.25, -0.2) is 0 Å². The van der Waals surface area contributed by atoms with Gasteiger partial charge in [-0.15, -0.1) is 0 Å². The molecular weight excluding hydrogens is 257 g/mol. The minimum Gasteiger partial charge on any atom is -0.384 e. The Bertz CT molecular complexity index is 488. The molecule has 1 N–H and O–H groups in total. The van der Waals surface area contributed by atoms with Gasteiger partial charge >= 0.3 is 6.18 Å². The van der Waals surface area contributed by atoms with Crippen LogP contribution in [-0.2, 0) is 10.9 Å². The second-order valence-electron chi connectivity index (χ2n) is 4.48. The van der Waals surface area contributed by atoms with Gasteiger partial charge < -0.3 is 10.1 Å². The lowest BCUT2D eigenvalue weighted by Gasteiger charge is -2.16. The quantitative estimate of drug-likeness (QED) is 0.918. The van der Waals surface area contributed by atoms with Crippen molar-refractivity contribution in [3.63, 3.8) is 0 Å². The molecule has 1 aromatic carbocycles. The zero-order valence-electron chi connectivity index (χ0n) is 10.1. The topological polar surface area (TPSA) is 45.0 Å². The molecular formula is C13H13F3N2O. The van der Waals surface area contributed by atoms with E-state index in [1.807, 2.05) is 6.07 Å². The Labute approximate surface area is 109 Å². The number of ether oxygens (including phenoxy) is 1. The lowest BCUT2D eigenvalue weighted by Crippen LogP contribution is -2.17. The molecule has 1 aromatic rings. The normalized spacial score (nSPS) is 19.2. The molecule has 6 heteroatoms. The number of nitriles is 1. The predicted octanol–water partition coefficient (Wildman–Crippen LogP) is 3.03. The summed E-state index contributed by atoms with van der Waals surface area (Å²) < 4.78 is 43.7. The summed E-state index contributed by atoms with van der Waals surface area (Å²) in [5.74, 6) is 0.215. The van der Waals surface area contributed by atoms with E-state index in [4.69, 9.17) is 10.00 Å². The van der Waals surface area contributed by atoms with Gasteiger partial charge in [0.2, 0.25) is 0 Å². The number of halogens is 3. The van der Waals surface area contributed by atoms with Gasteiger partial charge in [0.25, 0.3) is 0 Å². The fourth-order valence-electron chi connectivity index (χ4n) is 2.01. The van der Waals surface area contributed by atoms with Crippen LogP contribution < -0.4 is 5.32 Å². The van der Waals surface area contributed by atoms with E-state index in [1.165, 1.54) is 12.1 Å². The van der Waals surface area contributed by atoms with Gasteiger partial charge in [0.1, 0.15) is 0 Å². The van der Waals surface area contributed by atoms with E-state index in [-0.39, 0.29) is 17.2 Å². The van der Waals surface area contributed by atoms with Crippen LogP contribution >= 0.6 is 0 Å². The van der Waals surface area contributed by atoms with E-state index in [1.54, 1.807) is 0 Å². The zero-order chi connectivity index (χ0) is 13.9. The lowest BCUT2D eigenvalue weighted by molar-refractivity contribution is -0.136. The Hall–Kier alpha value is -1.74. The standard InChI is InChI=1S/C13H13F3N2O/c14-13(15,16)11-2-1-9(6-17)5-12(11)18-7-10-3-4-19-8-10/h1-2,5,10,18H,3-4,7-8H2/t10-/m1/s1. The second-order valence-corrected chi connectivity index (χ2v) is 4.48. The molecule has 19 heavy (non-hydrogen) atoms. The molecule has 1 aliphatic heterocycles. The Balaban J connectivity index is 2.18. The van der Waals surface area contributed by atoms with Gasteiger partial charge in [-0.05, 0) is 24.6 Å². The predicted molar refractivity (Wildman–Crippen MR) is 63.6 cm³/mol. The molecule has 1 saturated heterocycles. The molecule has 0 spiro atoms. The SMILES string of the molecule is N#Cc1ccc(C(F)(F)F)c(NC[C@H]2CCOC2)c1. The minimum absolute atomic E-state index is 0.0431. The van der Waals surface area contributed by atoms with E-state index in [2.05, 4.69) is 5.32 Å². The van der Waals surface area contributed by atoms with Gasteiger partial charge in [-0.1, -0.05) is 0 Å². The van der Waals surface area contributed by atoms with Crippen LogP contribution in [0.1, 0.15) is 17.5 Å². The molecule has 1 fully saturated rings. The molecule has 0 unspecified atom stereocenters. The Morgan fingerprint density at radius 1 is 1.42 bits per heavy atom. The third-order valence-corrected chi connectivity index (χ3v) is 3.06. The van der Waals surface area contributed by atoms with E-state index in [9.17, 15) is 13.2 Å². The summed E-state index contributed by atoms with van der Waals surface area (Å²) in [6, 6.07) is 5.19. The van der Waals surface area contributed by atoms with E-state index < -0.39 is 11.7 Å². The van der Waals surface area contributed by atoms with Crippen molar-refractivity contribution in [2.45, 2.75) is 12.6 Å². The van der Waals surface area contributed by atoms with Crippen LogP contribution in [0.4, 0.5) is 18.9 Å². The van der Waals surface area contributed by atoms with Gasteiger partial charge in [-0.3, -0.25) is 0 Å². The van der Waals surface area contributed by atoms with Crippen molar-refractivity contribution in [1.82, 2.24) is 0 Å². The first-order chi connectivity index (χ1) is 9.00. The molecule has 0 aliphatic carbocycles. The maximum atomic E-state index is 12.8. The van der Waals surface area contributed by atoms with Crippen LogP contribution in [0.2, 0.25) is 0 Å². The van der Waals surface area contributed by atoms with E-state index >= 15 is 0 Å². The highest BCUT2D eigenvalue weighted by Gasteiger charge is 2.33. The van der Waals surface area contributed by atoms with Crippen molar-refractivity contribution in [3.05, 3.63) is 29.3 Å². The lowest BCUT2D eigenvalue weighted by atomic mass is 10.1. The van der Waals surface area contributed by atoms with Crippen molar-refractivity contribution in [2.24, 2.45) is 5.92 Å². The Kier molecular flexibility index (Phi) is 3.96. The van der Waals surface area contributed by atoms with Crippen molar-refractivity contribution in [2.75, 3.05) is 25.1 Å². The van der Waals surface area contributed by atoms with Gasteiger partial charge in [-0.2, -0.15) is 18.4 Å². The number of nitrogens with zero attached hydrogens (tertiary/aromatic N) is 1. The first kappa shape index (κ1) is 13.7. The number of hydrogen-bond acceptors (Lipinski definition) is 3. The highest BCUT2D eigenvalue weighted by Crippen LogP contribution is 2.35. The molecule has 2 rings (SSSR count). The van der Waals surface area contributed by atoms with Gasteiger partial charge in [0.15, 0.2) is 0 Å². The first-order valence-corrected chi connectivity index (χ1v) is 5.93. The number of rotatable bonds is 3. The van der Waals surface area contributed by atoms with Crippen molar-refractivity contribution >= 4 is 5.69 Å². The molecule has 1 aliphatic rings. The maximum absolute atomic E-state index is 12.8. The molecule has 3 nitrogen and oxygen atoms in total. The summed E-state index contributed by atoms with van der Waals surface area (Å²) in [5.41, 5.74) is -0.581. The largest absolute Gasteiger partial charge is 0.418 e. The van der Waals surface area contributed by atoms with Crippen molar-refractivity contribution in [1.29, 1.82) is 5.26 Å². The third-order valence-electron chi connectivity index (χ3n) is 3.06. The summed E-state index contributed by atoms with van der Waals surface area (Å²) in [6.45, 7) is 1.63. The minimum atomic E-state index is -4.43. The second kappa shape index (κ2) is 5.49. The number of alkyl halides is 3. The molecule has 0 amide bonds. The first-order valence-electron chi connectivity index (χ1n) is 5.93. The van der Waals surface area contributed by atoms with Crippen LogP contribution in [-0.4, -0.2) is 19.8 Å². The average molecular weight is 270 g/mol.